The molecule has 17 heavy (non-hydrogen) atoms. The standard InChI is InChI=1S/C13H27NO2S/c1-5-10-14-12-11(17(15,16)6-2)8-7-9-13(12,3)4/h11-12,14H,5-10H2,1-4H3. The molecular weight excluding hydrogens is 234 g/mol. The van der Waals surface area contributed by atoms with Crippen molar-refractivity contribution in [1.82, 2.24) is 5.32 Å². The van der Waals surface area contributed by atoms with Crippen LogP contribution in [0.25, 0.3) is 0 Å². The second-order valence-corrected chi connectivity index (χ2v) is 8.31. The Hall–Kier alpha value is -0.0900. The molecule has 102 valence electrons. The van der Waals surface area contributed by atoms with Crippen molar-refractivity contribution < 1.29 is 8.42 Å². The van der Waals surface area contributed by atoms with E-state index in [-0.39, 0.29) is 22.5 Å². The van der Waals surface area contributed by atoms with Crippen LogP contribution in [0, 0.1) is 5.41 Å². The van der Waals surface area contributed by atoms with Crippen LogP contribution >= 0.6 is 0 Å². The minimum absolute atomic E-state index is 0.0837. The molecule has 0 spiro atoms. The molecule has 0 aromatic rings. The first-order valence-corrected chi connectivity index (χ1v) is 8.51. The van der Waals surface area contributed by atoms with Crippen LogP contribution in [0.4, 0.5) is 0 Å². The predicted octanol–water partition coefficient (Wildman–Crippen LogP) is 2.37. The van der Waals surface area contributed by atoms with Crippen LogP contribution in [0.1, 0.15) is 53.4 Å². The zero-order valence-corrected chi connectivity index (χ0v) is 12.4. The lowest BCUT2D eigenvalue weighted by molar-refractivity contribution is 0.171. The summed E-state index contributed by atoms with van der Waals surface area (Å²) in [6.07, 6.45) is 4.01. The Morgan fingerprint density at radius 2 is 1.94 bits per heavy atom. The van der Waals surface area contributed by atoms with Gasteiger partial charge in [-0.15, -0.1) is 0 Å². The van der Waals surface area contributed by atoms with Crippen LogP contribution in [-0.2, 0) is 9.84 Å². The van der Waals surface area contributed by atoms with Crippen molar-refractivity contribution in [2.75, 3.05) is 12.3 Å². The first-order chi connectivity index (χ1) is 7.85. The average Bonchev–Trinajstić information content (AvgIpc) is 2.26. The third-order valence-corrected chi connectivity index (χ3v) is 6.24. The third-order valence-electron chi connectivity index (χ3n) is 4.00. The molecule has 1 N–H and O–H groups in total. The summed E-state index contributed by atoms with van der Waals surface area (Å²) in [6.45, 7) is 9.17. The zero-order chi connectivity index (χ0) is 13.1. The van der Waals surface area contributed by atoms with E-state index >= 15 is 0 Å². The molecule has 0 saturated heterocycles. The van der Waals surface area contributed by atoms with Gasteiger partial charge in [0.25, 0.3) is 0 Å². The molecule has 1 rings (SSSR count). The summed E-state index contributed by atoms with van der Waals surface area (Å²) < 4.78 is 24.4. The van der Waals surface area contributed by atoms with Gasteiger partial charge >= 0.3 is 0 Å². The monoisotopic (exact) mass is 261 g/mol. The van der Waals surface area contributed by atoms with Gasteiger partial charge in [-0.3, -0.25) is 0 Å². The van der Waals surface area contributed by atoms with Gasteiger partial charge in [0.05, 0.1) is 5.25 Å². The Kier molecular flexibility index (Phi) is 5.02. The minimum Gasteiger partial charge on any atom is -0.312 e. The molecule has 0 aliphatic heterocycles. The van der Waals surface area contributed by atoms with Gasteiger partial charge < -0.3 is 5.32 Å². The van der Waals surface area contributed by atoms with E-state index in [2.05, 4.69) is 26.1 Å². The highest BCUT2D eigenvalue weighted by Crippen LogP contribution is 2.38. The van der Waals surface area contributed by atoms with Crippen molar-refractivity contribution in [3.63, 3.8) is 0 Å². The van der Waals surface area contributed by atoms with Crippen molar-refractivity contribution in [2.24, 2.45) is 5.41 Å². The molecule has 0 heterocycles. The highest BCUT2D eigenvalue weighted by molar-refractivity contribution is 7.92. The summed E-state index contributed by atoms with van der Waals surface area (Å²) in [7, 11) is -2.93. The fourth-order valence-electron chi connectivity index (χ4n) is 2.89. The summed E-state index contributed by atoms with van der Waals surface area (Å²) in [4.78, 5) is 0. The van der Waals surface area contributed by atoms with Gasteiger partial charge in [-0.2, -0.15) is 0 Å². The Morgan fingerprint density at radius 3 is 2.47 bits per heavy atom. The van der Waals surface area contributed by atoms with Gasteiger partial charge in [-0.1, -0.05) is 34.1 Å². The van der Waals surface area contributed by atoms with Crippen LogP contribution in [-0.4, -0.2) is 32.0 Å². The number of nitrogens with one attached hydrogen (secondary N) is 1. The molecule has 1 aliphatic carbocycles. The third kappa shape index (κ3) is 3.44. The number of sulfone groups is 1. The maximum Gasteiger partial charge on any atom is 0.154 e. The molecular formula is C13H27NO2S. The second-order valence-electron chi connectivity index (χ2n) is 5.80. The van der Waals surface area contributed by atoms with E-state index in [9.17, 15) is 8.42 Å². The fraction of sp³-hybridized carbons (Fsp3) is 1.00. The average molecular weight is 261 g/mol. The first kappa shape index (κ1) is 15.0. The Bertz CT molecular complexity index is 335. The molecule has 0 radical (unpaired) electrons. The molecule has 3 nitrogen and oxygen atoms in total. The lowest BCUT2D eigenvalue weighted by Crippen LogP contribution is -2.55. The van der Waals surface area contributed by atoms with E-state index in [0.717, 1.165) is 32.2 Å². The van der Waals surface area contributed by atoms with E-state index in [4.69, 9.17) is 0 Å². The molecule has 1 fully saturated rings. The van der Waals surface area contributed by atoms with E-state index in [1.165, 1.54) is 0 Å². The predicted molar refractivity (Wildman–Crippen MR) is 73.0 cm³/mol. The molecule has 0 aromatic carbocycles. The minimum atomic E-state index is -2.93. The Labute approximate surface area is 106 Å². The maximum absolute atomic E-state index is 12.2. The fourth-order valence-corrected chi connectivity index (χ4v) is 4.73. The normalized spacial score (nSPS) is 29.2. The lowest BCUT2D eigenvalue weighted by Gasteiger charge is -2.44. The summed E-state index contributed by atoms with van der Waals surface area (Å²) in [5.74, 6) is 0.262. The summed E-state index contributed by atoms with van der Waals surface area (Å²) >= 11 is 0. The molecule has 2 atom stereocenters. The van der Waals surface area contributed by atoms with E-state index in [0.29, 0.717) is 0 Å². The number of rotatable bonds is 5. The smallest absolute Gasteiger partial charge is 0.154 e. The van der Waals surface area contributed by atoms with Crippen molar-refractivity contribution in [2.45, 2.75) is 64.7 Å². The van der Waals surface area contributed by atoms with Gasteiger partial charge in [0.15, 0.2) is 9.84 Å². The zero-order valence-electron chi connectivity index (χ0n) is 11.6. The SMILES string of the molecule is CCCNC1C(S(=O)(=O)CC)CCCC1(C)C. The lowest BCUT2D eigenvalue weighted by atomic mass is 9.73. The summed E-state index contributed by atoms with van der Waals surface area (Å²) in [6, 6.07) is 0.112. The Morgan fingerprint density at radius 1 is 1.29 bits per heavy atom. The quantitative estimate of drug-likeness (QED) is 0.826. The summed E-state index contributed by atoms with van der Waals surface area (Å²) in [5, 5.41) is 3.28. The van der Waals surface area contributed by atoms with Crippen LogP contribution in [0.15, 0.2) is 0 Å². The number of hydrogen-bond acceptors (Lipinski definition) is 3. The van der Waals surface area contributed by atoms with Crippen LogP contribution in [0.3, 0.4) is 0 Å². The molecule has 1 saturated carbocycles. The van der Waals surface area contributed by atoms with E-state index in [1.54, 1.807) is 6.92 Å². The Balaban J connectivity index is 2.93. The van der Waals surface area contributed by atoms with Gasteiger partial charge in [-0.05, 0) is 31.2 Å². The molecule has 0 amide bonds. The molecule has 0 bridgehead atoms. The van der Waals surface area contributed by atoms with Gasteiger partial charge in [0.1, 0.15) is 0 Å². The van der Waals surface area contributed by atoms with E-state index in [1.807, 2.05) is 0 Å². The van der Waals surface area contributed by atoms with Crippen molar-refractivity contribution in [3.8, 4) is 0 Å². The molecule has 4 heteroatoms. The van der Waals surface area contributed by atoms with Crippen LogP contribution < -0.4 is 5.32 Å². The van der Waals surface area contributed by atoms with Gasteiger partial charge in [0.2, 0.25) is 0 Å². The van der Waals surface area contributed by atoms with Crippen molar-refractivity contribution in [3.05, 3.63) is 0 Å². The first-order valence-electron chi connectivity index (χ1n) is 6.80. The molecule has 2 unspecified atom stereocenters. The van der Waals surface area contributed by atoms with Gasteiger partial charge in [-0.25, -0.2) is 8.42 Å². The van der Waals surface area contributed by atoms with Crippen molar-refractivity contribution >= 4 is 9.84 Å². The maximum atomic E-state index is 12.2. The topological polar surface area (TPSA) is 46.2 Å². The molecule has 1 aliphatic rings. The largest absolute Gasteiger partial charge is 0.312 e. The number of hydrogen-bond donors (Lipinski definition) is 1. The highest BCUT2D eigenvalue weighted by atomic mass is 32.2. The molecule has 0 aromatic heterocycles. The second kappa shape index (κ2) is 5.70. The van der Waals surface area contributed by atoms with Crippen LogP contribution in [0.5, 0.6) is 0 Å². The summed E-state index contributed by atoms with van der Waals surface area (Å²) in [5.41, 5.74) is 0.0837. The van der Waals surface area contributed by atoms with Crippen LogP contribution in [0.2, 0.25) is 0 Å². The highest BCUT2D eigenvalue weighted by Gasteiger charge is 2.43. The van der Waals surface area contributed by atoms with E-state index < -0.39 is 9.84 Å². The van der Waals surface area contributed by atoms with Crippen molar-refractivity contribution in [1.29, 1.82) is 0 Å². The van der Waals surface area contributed by atoms with Gasteiger partial charge in [0, 0.05) is 11.8 Å².